The van der Waals surface area contributed by atoms with Crippen molar-refractivity contribution in [3.8, 4) is 0 Å². The Bertz CT molecular complexity index is 370. The van der Waals surface area contributed by atoms with Gasteiger partial charge in [-0.05, 0) is 30.7 Å². The van der Waals surface area contributed by atoms with E-state index in [1.54, 1.807) is 0 Å². The zero-order chi connectivity index (χ0) is 12.4. The molecule has 0 saturated heterocycles. The summed E-state index contributed by atoms with van der Waals surface area (Å²) in [5, 5.41) is 2.50. The number of hydrogen-bond donors (Lipinski definition) is 0. The molecule has 0 radical (unpaired) electrons. The molecule has 2 fully saturated rings. The van der Waals surface area contributed by atoms with Gasteiger partial charge in [-0.15, -0.1) is 22.9 Å². The van der Waals surface area contributed by atoms with Crippen molar-refractivity contribution >= 4 is 22.9 Å². The van der Waals surface area contributed by atoms with Crippen LogP contribution in [0.4, 0.5) is 0 Å². The highest BCUT2D eigenvalue weighted by Crippen LogP contribution is 2.55. The number of halogens is 1. The van der Waals surface area contributed by atoms with Crippen LogP contribution in [0.2, 0.25) is 0 Å². The molecule has 1 nitrogen and oxygen atoms in total. The third kappa shape index (κ3) is 2.35. The largest absolute Gasteiger partial charge is 0.377 e. The second-order valence-corrected chi connectivity index (χ2v) is 7.24. The van der Waals surface area contributed by atoms with Crippen LogP contribution in [0.5, 0.6) is 0 Å². The molecule has 18 heavy (non-hydrogen) atoms. The van der Waals surface area contributed by atoms with E-state index in [2.05, 4.69) is 17.5 Å². The maximum absolute atomic E-state index is 6.48. The molecular formula is C15H21ClOS. The number of ether oxygens (including phenoxy) is 1. The third-order valence-corrected chi connectivity index (χ3v) is 6.27. The Morgan fingerprint density at radius 3 is 2.83 bits per heavy atom. The molecule has 100 valence electrons. The Morgan fingerprint density at radius 1 is 1.33 bits per heavy atom. The van der Waals surface area contributed by atoms with Crippen molar-refractivity contribution in [1.82, 2.24) is 0 Å². The van der Waals surface area contributed by atoms with E-state index in [4.69, 9.17) is 16.3 Å². The standard InChI is InChI=1S/C15H21ClOS/c16-13-11-14(15(13)7-2-1-3-8-15)17-9-6-12-5-4-10-18-12/h4-5,10,13-14H,1-3,6-9,11H2. The lowest BCUT2D eigenvalue weighted by Gasteiger charge is -2.55. The van der Waals surface area contributed by atoms with Crippen LogP contribution >= 0.6 is 22.9 Å². The van der Waals surface area contributed by atoms with Gasteiger partial charge in [-0.25, -0.2) is 0 Å². The maximum Gasteiger partial charge on any atom is 0.0659 e. The van der Waals surface area contributed by atoms with Gasteiger partial charge < -0.3 is 4.74 Å². The second-order valence-electron chi connectivity index (χ2n) is 5.69. The van der Waals surface area contributed by atoms with Crippen LogP contribution < -0.4 is 0 Å². The first kappa shape index (κ1) is 13.0. The molecule has 0 aromatic carbocycles. The first-order valence-corrected chi connectivity index (χ1v) is 8.41. The smallest absolute Gasteiger partial charge is 0.0659 e. The average Bonchev–Trinajstić information content (AvgIpc) is 2.92. The molecule has 0 N–H and O–H groups in total. The summed E-state index contributed by atoms with van der Waals surface area (Å²) in [4.78, 5) is 1.43. The van der Waals surface area contributed by atoms with Crippen molar-refractivity contribution in [3.05, 3.63) is 22.4 Å². The maximum atomic E-state index is 6.48. The molecule has 1 aromatic rings. The van der Waals surface area contributed by atoms with E-state index in [9.17, 15) is 0 Å². The molecule has 1 aromatic heterocycles. The number of rotatable bonds is 4. The lowest BCUT2D eigenvalue weighted by atomic mass is 9.58. The van der Waals surface area contributed by atoms with Crippen LogP contribution in [0.3, 0.4) is 0 Å². The van der Waals surface area contributed by atoms with Gasteiger partial charge in [0.2, 0.25) is 0 Å². The van der Waals surface area contributed by atoms with E-state index >= 15 is 0 Å². The molecule has 3 rings (SSSR count). The van der Waals surface area contributed by atoms with Crippen LogP contribution in [0.1, 0.15) is 43.4 Å². The minimum atomic E-state index is 0.329. The summed E-state index contributed by atoms with van der Waals surface area (Å²) in [5.41, 5.74) is 0.329. The molecule has 0 bridgehead atoms. The Hall–Kier alpha value is -0.0500. The first-order valence-electron chi connectivity index (χ1n) is 7.09. The van der Waals surface area contributed by atoms with Crippen molar-refractivity contribution in [1.29, 1.82) is 0 Å². The van der Waals surface area contributed by atoms with Crippen LogP contribution in [0, 0.1) is 5.41 Å². The van der Waals surface area contributed by atoms with Crippen LogP contribution in [0.15, 0.2) is 17.5 Å². The first-order chi connectivity index (χ1) is 8.81. The number of alkyl halides is 1. The summed E-state index contributed by atoms with van der Waals surface area (Å²) in [6.07, 6.45) is 9.17. The van der Waals surface area contributed by atoms with Crippen molar-refractivity contribution in [2.45, 2.75) is 56.4 Å². The molecule has 2 unspecified atom stereocenters. The van der Waals surface area contributed by atoms with Crippen LogP contribution in [-0.4, -0.2) is 18.1 Å². The lowest BCUT2D eigenvalue weighted by Crippen LogP contribution is -2.56. The van der Waals surface area contributed by atoms with Gasteiger partial charge in [0.25, 0.3) is 0 Å². The Balaban J connectivity index is 1.50. The van der Waals surface area contributed by atoms with E-state index in [1.165, 1.54) is 37.0 Å². The Kier molecular flexibility index (Phi) is 3.97. The summed E-state index contributed by atoms with van der Waals surface area (Å²) in [6.45, 7) is 0.858. The predicted molar refractivity (Wildman–Crippen MR) is 77.5 cm³/mol. The number of thiophene rings is 1. The van der Waals surface area contributed by atoms with Crippen molar-refractivity contribution in [3.63, 3.8) is 0 Å². The molecule has 2 atom stereocenters. The highest BCUT2D eigenvalue weighted by atomic mass is 35.5. The quantitative estimate of drug-likeness (QED) is 0.732. The average molecular weight is 285 g/mol. The van der Waals surface area contributed by atoms with E-state index < -0.39 is 0 Å². The molecule has 0 amide bonds. The summed E-state index contributed by atoms with van der Waals surface area (Å²) in [5.74, 6) is 0. The van der Waals surface area contributed by atoms with Crippen molar-refractivity contribution in [2.24, 2.45) is 5.41 Å². The molecule has 1 heterocycles. The Labute approximate surface area is 118 Å². The van der Waals surface area contributed by atoms with Gasteiger partial charge in [0.15, 0.2) is 0 Å². The highest BCUT2D eigenvalue weighted by molar-refractivity contribution is 7.09. The summed E-state index contributed by atoms with van der Waals surface area (Å²) in [6, 6.07) is 4.30. The van der Waals surface area contributed by atoms with Crippen LogP contribution in [0.25, 0.3) is 0 Å². The molecule has 1 spiro atoms. The van der Waals surface area contributed by atoms with E-state index in [-0.39, 0.29) is 0 Å². The van der Waals surface area contributed by atoms with Gasteiger partial charge in [-0.1, -0.05) is 25.3 Å². The van der Waals surface area contributed by atoms with Gasteiger partial charge >= 0.3 is 0 Å². The van der Waals surface area contributed by atoms with Crippen molar-refractivity contribution < 1.29 is 4.74 Å². The molecule has 2 saturated carbocycles. The fourth-order valence-corrected chi connectivity index (χ4v) is 4.75. The fraction of sp³-hybridized carbons (Fsp3) is 0.733. The molecule has 0 aliphatic heterocycles. The van der Waals surface area contributed by atoms with Crippen molar-refractivity contribution in [2.75, 3.05) is 6.61 Å². The third-order valence-electron chi connectivity index (χ3n) is 4.72. The molecule has 2 aliphatic carbocycles. The fourth-order valence-electron chi connectivity index (χ4n) is 3.53. The van der Waals surface area contributed by atoms with Gasteiger partial charge in [0.05, 0.1) is 12.7 Å². The summed E-state index contributed by atoms with van der Waals surface area (Å²) in [7, 11) is 0. The van der Waals surface area contributed by atoms with E-state index in [1.807, 2.05) is 11.3 Å². The predicted octanol–water partition coefficient (Wildman–Crippen LogP) is 4.64. The highest BCUT2D eigenvalue weighted by Gasteiger charge is 2.54. The van der Waals surface area contributed by atoms with Gasteiger partial charge in [-0.2, -0.15) is 0 Å². The molecule has 3 heteroatoms. The van der Waals surface area contributed by atoms with E-state index in [0.29, 0.717) is 16.9 Å². The van der Waals surface area contributed by atoms with Gasteiger partial charge in [0.1, 0.15) is 0 Å². The summed E-state index contributed by atoms with van der Waals surface area (Å²) < 4.78 is 6.14. The number of hydrogen-bond acceptors (Lipinski definition) is 2. The molecule has 2 aliphatic rings. The molecular weight excluding hydrogens is 264 g/mol. The monoisotopic (exact) mass is 284 g/mol. The summed E-state index contributed by atoms with van der Waals surface area (Å²) >= 11 is 8.30. The minimum Gasteiger partial charge on any atom is -0.377 e. The zero-order valence-electron chi connectivity index (χ0n) is 10.7. The van der Waals surface area contributed by atoms with Gasteiger partial charge in [-0.3, -0.25) is 0 Å². The SMILES string of the molecule is ClC1CC(OCCc2cccs2)C12CCCCC2. The minimum absolute atomic E-state index is 0.329. The van der Waals surface area contributed by atoms with Gasteiger partial charge in [0, 0.05) is 22.1 Å². The second kappa shape index (κ2) is 5.52. The normalized spacial score (nSPS) is 30.3. The van der Waals surface area contributed by atoms with Crippen LogP contribution in [-0.2, 0) is 11.2 Å². The van der Waals surface area contributed by atoms with E-state index in [0.717, 1.165) is 19.4 Å². The zero-order valence-corrected chi connectivity index (χ0v) is 12.3. The topological polar surface area (TPSA) is 9.23 Å². The lowest BCUT2D eigenvalue weighted by molar-refractivity contribution is -0.123. The Morgan fingerprint density at radius 2 is 2.17 bits per heavy atom.